The van der Waals surface area contributed by atoms with Crippen molar-refractivity contribution in [3.63, 3.8) is 0 Å². The lowest BCUT2D eigenvalue weighted by atomic mass is 10.1. The van der Waals surface area contributed by atoms with E-state index >= 15 is 0 Å². The van der Waals surface area contributed by atoms with Gasteiger partial charge in [-0.05, 0) is 37.9 Å². The highest BCUT2D eigenvalue weighted by Crippen LogP contribution is 2.30. The number of alkyl halides is 3. The summed E-state index contributed by atoms with van der Waals surface area (Å²) in [6, 6.07) is 2.57. The summed E-state index contributed by atoms with van der Waals surface area (Å²) in [6.45, 7) is 0.279. The Morgan fingerprint density at radius 1 is 1.13 bits per heavy atom. The fraction of sp³-hybridized carbons (Fsp3) is 0.400. The van der Waals surface area contributed by atoms with E-state index in [0.717, 1.165) is 12.1 Å². The van der Waals surface area contributed by atoms with Crippen molar-refractivity contribution >= 4 is 0 Å². The monoisotopic (exact) mass is 221 g/mol. The van der Waals surface area contributed by atoms with Crippen LogP contribution in [0.2, 0.25) is 0 Å². The number of hydrogen-bond donors (Lipinski definition) is 0. The third-order valence-corrected chi connectivity index (χ3v) is 1.78. The van der Waals surface area contributed by atoms with Gasteiger partial charge in [-0.1, -0.05) is 0 Å². The summed E-state index contributed by atoms with van der Waals surface area (Å²) in [5.41, 5.74) is -0.633. The molecule has 0 aliphatic heterocycles. The Hall–Kier alpha value is -1.10. The Morgan fingerprint density at radius 2 is 1.73 bits per heavy atom. The first-order chi connectivity index (χ1) is 6.79. The highest BCUT2D eigenvalue weighted by atomic mass is 19.4. The number of benzene rings is 1. The first-order valence-corrected chi connectivity index (χ1v) is 4.30. The molecule has 15 heavy (non-hydrogen) atoms. The van der Waals surface area contributed by atoms with Crippen molar-refractivity contribution in [2.75, 3.05) is 14.1 Å². The average molecular weight is 221 g/mol. The fourth-order valence-electron chi connectivity index (χ4n) is 1.27. The summed E-state index contributed by atoms with van der Waals surface area (Å²) in [4.78, 5) is 1.68. The van der Waals surface area contributed by atoms with Crippen molar-refractivity contribution in [1.82, 2.24) is 4.90 Å². The van der Waals surface area contributed by atoms with E-state index in [1.165, 1.54) is 0 Å². The van der Waals surface area contributed by atoms with Crippen LogP contribution < -0.4 is 0 Å². The van der Waals surface area contributed by atoms with Crippen molar-refractivity contribution in [2.24, 2.45) is 0 Å². The van der Waals surface area contributed by atoms with Gasteiger partial charge in [0.1, 0.15) is 5.82 Å². The second-order valence-electron chi connectivity index (χ2n) is 3.58. The molecule has 0 radical (unpaired) electrons. The van der Waals surface area contributed by atoms with E-state index in [2.05, 4.69) is 0 Å². The summed E-state index contributed by atoms with van der Waals surface area (Å²) < 4.78 is 49.8. The van der Waals surface area contributed by atoms with E-state index in [1.54, 1.807) is 19.0 Å². The molecule has 0 bridgehead atoms. The zero-order valence-corrected chi connectivity index (χ0v) is 8.40. The second kappa shape index (κ2) is 4.18. The Labute approximate surface area is 85.3 Å². The molecule has 0 saturated carbocycles. The van der Waals surface area contributed by atoms with Gasteiger partial charge < -0.3 is 4.90 Å². The van der Waals surface area contributed by atoms with Crippen LogP contribution in [0.1, 0.15) is 11.1 Å². The van der Waals surface area contributed by atoms with Gasteiger partial charge in [0.25, 0.3) is 0 Å². The first kappa shape index (κ1) is 12.0. The summed E-state index contributed by atoms with van der Waals surface area (Å²) in [6.07, 6.45) is -4.50. The molecular weight excluding hydrogens is 210 g/mol. The zero-order chi connectivity index (χ0) is 11.6. The topological polar surface area (TPSA) is 3.24 Å². The molecule has 0 aliphatic rings. The van der Waals surface area contributed by atoms with Crippen LogP contribution in [-0.4, -0.2) is 19.0 Å². The van der Waals surface area contributed by atoms with Crippen LogP contribution >= 0.6 is 0 Å². The number of halogens is 4. The first-order valence-electron chi connectivity index (χ1n) is 4.30. The third-order valence-electron chi connectivity index (χ3n) is 1.78. The molecular formula is C10H11F4N. The molecule has 1 rings (SSSR count). The Kier molecular flexibility index (Phi) is 3.34. The molecule has 0 atom stereocenters. The average Bonchev–Trinajstić information content (AvgIpc) is 1.99. The summed E-state index contributed by atoms with van der Waals surface area (Å²) in [5, 5.41) is 0. The molecule has 0 amide bonds. The SMILES string of the molecule is CN(C)Cc1cc(F)cc(C(F)(F)F)c1. The van der Waals surface area contributed by atoms with Crippen molar-refractivity contribution < 1.29 is 17.6 Å². The van der Waals surface area contributed by atoms with Gasteiger partial charge in [0.15, 0.2) is 0 Å². The van der Waals surface area contributed by atoms with Gasteiger partial charge in [-0.2, -0.15) is 13.2 Å². The Bertz CT molecular complexity index is 344. The number of nitrogens with zero attached hydrogens (tertiary/aromatic N) is 1. The van der Waals surface area contributed by atoms with Crippen LogP contribution in [0.25, 0.3) is 0 Å². The molecule has 0 spiro atoms. The number of hydrogen-bond acceptors (Lipinski definition) is 1. The van der Waals surface area contributed by atoms with E-state index in [0.29, 0.717) is 11.6 Å². The van der Waals surface area contributed by atoms with Crippen LogP contribution in [0.5, 0.6) is 0 Å². The highest BCUT2D eigenvalue weighted by Gasteiger charge is 2.31. The predicted molar refractivity (Wildman–Crippen MR) is 48.8 cm³/mol. The lowest BCUT2D eigenvalue weighted by Gasteiger charge is -2.12. The van der Waals surface area contributed by atoms with Crippen molar-refractivity contribution in [3.8, 4) is 0 Å². The summed E-state index contributed by atoms with van der Waals surface area (Å²) in [7, 11) is 3.41. The van der Waals surface area contributed by atoms with E-state index < -0.39 is 17.6 Å². The molecule has 1 aromatic carbocycles. The number of rotatable bonds is 2. The van der Waals surface area contributed by atoms with E-state index in [-0.39, 0.29) is 6.54 Å². The molecule has 1 nitrogen and oxygen atoms in total. The summed E-state index contributed by atoms with van der Waals surface area (Å²) in [5.74, 6) is -0.860. The van der Waals surface area contributed by atoms with Crippen LogP contribution in [0.3, 0.4) is 0 Å². The third kappa shape index (κ3) is 3.51. The van der Waals surface area contributed by atoms with Crippen molar-refractivity contribution in [2.45, 2.75) is 12.7 Å². The van der Waals surface area contributed by atoms with Gasteiger partial charge >= 0.3 is 6.18 Å². The van der Waals surface area contributed by atoms with E-state index in [1.807, 2.05) is 0 Å². The Morgan fingerprint density at radius 3 is 2.20 bits per heavy atom. The minimum absolute atomic E-state index is 0.279. The maximum absolute atomic E-state index is 12.9. The molecule has 0 N–H and O–H groups in total. The minimum Gasteiger partial charge on any atom is -0.305 e. The second-order valence-corrected chi connectivity index (χ2v) is 3.58. The molecule has 0 saturated heterocycles. The lowest BCUT2D eigenvalue weighted by Crippen LogP contribution is -2.13. The molecule has 1 aromatic rings. The standard InChI is InChI=1S/C10H11F4N/c1-15(2)6-7-3-8(10(12,13)14)5-9(11)4-7/h3-5H,6H2,1-2H3. The normalized spacial score (nSPS) is 12.2. The van der Waals surface area contributed by atoms with Gasteiger partial charge in [-0.3, -0.25) is 0 Å². The highest BCUT2D eigenvalue weighted by molar-refractivity contribution is 5.26. The van der Waals surface area contributed by atoms with Crippen LogP contribution in [0, 0.1) is 5.82 Å². The van der Waals surface area contributed by atoms with Gasteiger partial charge in [0.05, 0.1) is 5.56 Å². The molecule has 0 aliphatic carbocycles. The lowest BCUT2D eigenvalue weighted by molar-refractivity contribution is -0.137. The van der Waals surface area contributed by atoms with Crippen LogP contribution in [-0.2, 0) is 12.7 Å². The molecule has 0 heterocycles. The molecule has 0 unspecified atom stereocenters. The fourth-order valence-corrected chi connectivity index (χ4v) is 1.27. The predicted octanol–water partition coefficient (Wildman–Crippen LogP) is 2.91. The molecule has 5 heteroatoms. The van der Waals surface area contributed by atoms with Gasteiger partial charge in [0, 0.05) is 6.54 Å². The minimum atomic E-state index is -4.50. The molecule has 0 aromatic heterocycles. The molecule has 0 fully saturated rings. The largest absolute Gasteiger partial charge is 0.416 e. The quantitative estimate of drug-likeness (QED) is 0.694. The smallest absolute Gasteiger partial charge is 0.305 e. The maximum atomic E-state index is 12.9. The maximum Gasteiger partial charge on any atom is 0.416 e. The van der Waals surface area contributed by atoms with E-state index in [4.69, 9.17) is 0 Å². The summed E-state index contributed by atoms with van der Waals surface area (Å²) >= 11 is 0. The van der Waals surface area contributed by atoms with Gasteiger partial charge in [0.2, 0.25) is 0 Å². The van der Waals surface area contributed by atoms with E-state index in [9.17, 15) is 17.6 Å². The van der Waals surface area contributed by atoms with Gasteiger partial charge in [-0.15, -0.1) is 0 Å². The van der Waals surface area contributed by atoms with Crippen molar-refractivity contribution in [3.05, 3.63) is 35.1 Å². The van der Waals surface area contributed by atoms with Crippen molar-refractivity contribution in [1.29, 1.82) is 0 Å². The Balaban J connectivity index is 3.06. The van der Waals surface area contributed by atoms with Crippen LogP contribution in [0.15, 0.2) is 18.2 Å². The van der Waals surface area contributed by atoms with Crippen LogP contribution in [0.4, 0.5) is 17.6 Å². The molecule has 84 valence electrons. The van der Waals surface area contributed by atoms with Gasteiger partial charge in [-0.25, -0.2) is 4.39 Å². The zero-order valence-electron chi connectivity index (χ0n) is 8.40.